The minimum Gasteiger partial charge on any atom is -0.463 e. The van der Waals surface area contributed by atoms with Crippen molar-refractivity contribution in [2.45, 2.75) is 36.4 Å². The summed E-state index contributed by atoms with van der Waals surface area (Å²) in [5, 5.41) is 0. The second-order valence-corrected chi connectivity index (χ2v) is 11.5. The Morgan fingerprint density at radius 1 is 1.26 bits per heavy atom. The first-order valence-corrected chi connectivity index (χ1v) is 13.0. The van der Waals surface area contributed by atoms with Crippen molar-refractivity contribution in [1.82, 2.24) is 14.9 Å². The van der Waals surface area contributed by atoms with Crippen molar-refractivity contribution in [3.63, 3.8) is 0 Å². The van der Waals surface area contributed by atoms with Crippen molar-refractivity contribution >= 4 is 15.9 Å². The summed E-state index contributed by atoms with van der Waals surface area (Å²) in [7, 11) is -3.50. The third-order valence-corrected chi connectivity index (χ3v) is 7.83. The summed E-state index contributed by atoms with van der Waals surface area (Å²) in [6.07, 6.45) is 5.29. The molecule has 2 unspecified atom stereocenters. The standard InChI is InChI=1S/C23H26FN3O6S/c1-23(5-6-23)33-22(28)27-10-15-12-31-20(11-27)18(15)13-32-21-25-8-14(9-26-21)17-4-3-16(7-19(17)24)34(2,29)30/h3-4,7-9,15,18,20H,5-6,10-13H2,1-2H3/t15?,18-,20?/m0/s1. The Bertz CT molecular complexity index is 1190. The number of fused-ring (bicyclic) bond motifs is 2. The Morgan fingerprint density at radius 3 is 2.62 bits per heavy atom. The average Bonchev–Trinajstić information content (AvgIpc) is 3.47. The van der Waals surface area contributed by atoms with Gasteiger partial charge in [0.15, 0.2) is 9.84 Å². The van der Waals surface area contributed by atoms with Crippen molar-refractivity contribution in [3.05, 3.63) is 36.4 Å². The number of rotatable bonds is 6. The van der Waals surface area contributed by atoms with E-state index in [9.17, 15) is 17.6 Å². The summed E-state index contributed by atoms with van der Waals surface area (Å²) >= 11 is 0. The molecule has 2 bridgehead atoms. The molecule has 5 rings (SSSR count). The summed E-state index contributed by atoms with van der Waals surface area (Å²) in [5.74, 6) is -0.431. The van der Waals surface area contributed by atoms with Crippen LogP contribution < -0.4 is 4.74 Å². The van der Waals surface area contributed by atoms with Crippen LogP contribution in [0.3, 0.4) is 0 Å². The third kappa shape index (κ3) is 4.72. The quantitative estimate of drug-likeness (QED) is 0.607. The predicted octanol–water partition coefficient (Wildman–Crippen LogP) is 2.70. The fourth-order valence-corrected chi connectivity index (χ4v) is 4.99. The van der Waals surface area contributed by atoms with E-state index in [2.05, 4.69) is 9.97 Å². The normalized spacial score (nSPS) is 25.1. The summed E-state index contributed by atoms with van der Waals surface area (Å²) in [6, 6.07) is 3.88. The molecule has 34 heavy (non-hydrogen) atoms. The topological polar surface area (TPSA) is 108 Å². The lowest BCUT2D eigenvalue weighted by Crippen LogP contribution is -2.50. The van der Waals surface area contributed by atoms with Crippen molar-refractivity contribution in [2.24, 2.45) is 11.8 Å². The van der Waals surface area contributed by atoms with Crippen molar-refractivity contribution in [2.75, 3.05) is 32.6 Å². The lowest BCUT2D eigenvalue weighted by molar-refractivity contribution is 0.00992. The van der Waals surface area contributed by atoms with Gasteiger partial charge < -0.3 is 19.1 Å². The molecule has 1 aromatic carbocycles. The highest BCUT2D eigenvalue weighted by Crippen LogP contribution is 2.40. The molecule has 11 heteroatoms. The lowest BCUT2D eigenvalue weighted by Gasteiger charge is -2.35. The van der Waals surface area contributed by atoms with Gasteiger partial charge in [0.25, 0.3) is 0 Å². The summed E-state index contributed by atoms with van der Waals surface area (Å²) in [5.41, 5.74) is 0.299. The molecule has 3 atom stereocenters. The monoisotopic (exact) mass is 491 g/mol. The maximum Gasteiger partial charge on any atom is 0.410 e. The zero-order chi connectivity index (χ0) is 24.1. The van der Waals surface area contributed by atoms with Gasteiger partial charge in [0.2, 0.25) is 0 Å². The minimum absolute atomic E-state index is 0.0903. The average molecular weight is 492 g/mol. The van der Waals surface area contributed by atoms with E-state index in [4.69, 9.17) is 14.2 Å². The first kappa shape index (κ1) is 23.0. The molecule has 182 valence electrons. The fraction of sp³-hybridized carbons (Fsp3) is 0.522. The summed E-state index contributed by atoms with van der Waals surface area (Å²) in [4.78, 5) is 22.4. The van der Waals surface area contributed by atoms with Gasteiger partial charge in [-0.15, -0.1) is 0 Å². The Hall–Kier alpha value is -2.79. The Balaban J connectivity index is 1.19. The molecule has 0 N–H and O–H groups in total. The highest BCUT2D eigenvalue weighted by atomic mass is 32.2. The van der Waals surface area contributed by atoms with Gasteiger partial charge in [-0.05, 0) is 31.9 Å². The van der Waals surface area contributed by atoms with Gasteiger partial charge in [0, 0.05) is 48.2 Å². The van der Waals surface area contributed by atoms with Gasteiger partial charge in [-0.1, -0.05) is 6.07 Å². The number of hydrogen-bond acceptors (Lipinski definition) is 8. The van der Waals surface area contributed by atoms with E-state index in [-0.39, 0.29) is 46.1 Å². The molecule has 1 aliphatic carbocycles. The first-order chi connectivity index (χ1) is 16.1. The second-order valence-electron chi connectivity index (χ2n) is 9.50. The Kier molecular flexibility index (Phi) is 5.71. The van der Waals surface area contributed by atoms with E-state index in [1.807, 2.05) is 6.92 Å². The fourth-order valence-electron chi connectivity index (χ4n) is 4.36. The van der Waals surface area contributed by atoms with Crippen LogP contribution in [0, 0.1) is 17.7 Å². The number of aromatic nitrogens is 2. The van der Waals surface area contributed by atoms with E-state index in [1.54, 1.807) is 4.90 Å². The zero-order valence-electron chi connectivity index (χ0n) is 18.9. The molecule has 0 spiro atoms. The molecule has 0 radical (unpaired) electrons. The number of benzene rings is 1. The van der Waals surface area contributed by atoms with E-state index < -0.39 is 15.7 Å². The molecule has 1 amide bonds. The molecule has 1 saturated carbocycles. The molecule has 2 aliphatic heterocycles. The van der Waals surface area contributed by atoms with Crippen LogP contribution >= 0.6 is 0 Å². The van der Waals surface area contributed by atoms with E-state index in [0.29, 0.717) is 31.9 Å². The number of hydrogen-bond donors (Lipinski definition) is 0. The van der Waals surface area contributed by atoms with Crippen molar-refractivity contribution in [1.29, 1.82) is 0 Å². The van der Waals surface area contributed by atoms with E-state index in [1.165, 1.54) is 24.5 Å². The van der Waals surface area contributed by atoms with Gasteiger partial charge in [0.05, 0.1) is 30.8 Å². The number of amides is 1. The Morgan fingerprint density at radius 2 is 2.00 bits per heavy atom. The molecule has 2 saturated heterocycles. The molecule has 2 aromatic rings. The number of ether oxygens (including phenoxy) is 3. The molecule has 3 aliphatic rings. The zero-order valence-corrected chi connectivity index (χ0v) is 19.8. The van der Waals surface area contributed by atoms with Gasteiger partial charge in [0.1, 0.15) is 11.4 Å². The summed E-state index contributed by atoms with van der Waals surface area (Å²) < 4.78 is 54.9. The Labute approximate surface area is 197 Å². The van der Waals surface area contributed by atoms with Crippen LogP contribution in [0.5, 0.6) is 6.01 Å². The maximum atomic E-state index is 14.4. The number of piperidine rings is 1. The number of carbonyl (C=O) groups excluding carboxylic acids is 1. The number of sulfone groups is 1. The maximum absolute atomic E-state index is 14.4. The van der Waals surface area contributed by atoms with Gasteiger partial charge in [-0.3, -0.25) is 0 Å². The molecule has 3 fully saturated rings. The number of nitrogens with zero attached hydrogens (tertiary/aromatic N) is 3. The van der Waals surface area contributed by atoms with Crippen LogP contribution in [0.1, 0.15) is 19.8 Å². The van der Waals surface area contributed by atoms with Crippen LogP contribution in [0.4, 0.5) is 9.18 Å². The predicted molar refractivity (Wildman–Crippen MR) is 118 cm³/mol. The van der Waals surface area contributed by atoms with Crippen molar-refractivity contribution < 1.29 is 31.8 Å². The highest BCUT2D eigenvalue weighted by Gasteiger charge is 2.48. The third-order valence-electron chi connectivity index (χ3n) is 6.72. The summed E-state index contributed by atoms with van der Waals surface area (Å²) in [6.45, 7) is 3.86. The molecular formula is C23H26FN3O6S. The highest BCUT2D eigenvalue weighted by molar-refractivity contribution is 7.90. The van der Waals surface area contributed by atoms with Gasteiger partial charge in [-0.2, -0.15) is 0 Å². The number of carbonyl (C=O) groups is 1. The van der Waals surface area contributed by atoms with Crippen LogP contribution in [-0.4, -0.2) is 73.6 Å². The van der Waals surface area contributed by atoms with Crippen molar-refractivity contribution in [3.8, 4) is 17.1 Å². The first-order valence-electron chi connectivity index (χ1n) is 11.2. The van der Waals surface area contributed by atoms with Crippen LogP contribution in [-0.2, 0) is 19.3 Å². The smallest absolute Gasteiger partial charge is 0.410 e. The van der Waals surface area contributed by atoms with Crippen LogP contribution in [0.15, 0.2) is 35.5 Å². The van der Waals surface area contributed by atoms with Crippen LogP contribution in [0.25, 0.3) is 11.1 Å². The number of likely N-dealkylation sites (tertiary alicyclic amines) is 1. The van der Waals surface area contributed by atoms with Gasteiger partial charge in [-0.25, -0.2) is 27.6 Å². The second kappa shape index (κ2) is 8.46. The van der Waals surface area contributed by atoms with E-state index >= 15 is 0 Å². The number of halogens is 1. The van der Waals surface area contributed by atoms with Gasteiger partial charge >= 0.3 is 12.1 Å². The minimum atomic E-state index is -3.50. The lowest BCUT2D eigenvalue weighted by atomic mass is 9.87. The largest absolute Gasteiger partial charge is 0.463 e. The van der Waals surface area contributed by atoms with E-state index in [0.717, 1.165) is 25.2 Å². The molecule has 9 nitrogen and oxygen atoms in total. The SMILES string of the molecule is CC1(OC(=O)N2CC3COC(C2)[C@H]3COc2ncc(-c3ccc(S(C)(=O)=O)cc3F)cn2)CC1. The molecular weight excluding hydrogens is 465 g/mol. The molecule has 3 heterocycles. The molecule has 1 aromatic heterocycles. The van der Waals surface area contributed by atoms with Crippen LogP contribution in [0.2, 0.25) is 0 Å².